The van der Waals surface area contributed by atoms with Gasteiger partial charge in [0.1, 0.15) is 35.6 Å². The molecule has 0 bridgehead atoms. The lowest BCUT2D eigenvalue weighted by molar-refractivity contribution is -0.198. The molecule has 10 rings (SSSR count). The minimum atomic E-state index is -0.721. The van der Waals surface area contributed by atoms with Crippen molar-refractivity contribution >= 4 is 63.4 Å². The van der Waals surface area contributed by atoms with Gasteiger partial charge < -0.3 is 43.6 Å². The van der Waals surface area contributed by atoms with Crippen molar-refractivity contribution in [1.29, 1.82) is 0 Å². The van der Waals surface area contributed by atoms with E-state index in [1.54, 1.807) is 31.6 Å². The van der Waals surface area contributed by atoms with Crippen LogP contribution < -0.4 is 15.5 Å². The molecular formula is C48H70ClN11O10. The second-order valence-corrected chi connectivity index (χ2v) is 22.4. The average molecular weight is 997 g/mol. The third-order valence-corrected chi connectivity index (χ3v) is 13.6. The number of carbonyl (C=O) groups is 2. The molecular weight excluding hydrogens is 926 g/mol. The number of aromatic nitrogens is 8. The molecule has 2 amide bonds. The first-order valence-corrected chi connectivity index (χ1v) is 25.3. The average Bonchev–Trinajstić information content (AvgIpc) is 4.11. The SMILES string of the molecule is CC[C@H]1O[C@@H](n2ncc3c(N(C(=O)OC(C)(C)C)C4CCCC4)nc(Cl)nc32)[C@@H]2OC(C)(C)O[C@@H]21.CC[C@H]1O[C@@H](n2ncc3c(N(C(=O)OC(C)(C)C)C4CCCC4)nc(N)nc32)[C@@H]2OC(C)(C)O[C@@H]21. The number of nitrogen functional groups attached to an aromatic ring is 1. The highest BCUT2D eigenvalue weighted by Crippen LogP contribution is 2.47. The number of rotatable bonds is 8. The molecule has 2 saturated carbocycles. The molecule has 4 aromatic heterocycles. The standard InChI is InChI=1S/C24H34ClN5O5.C24H36N6O5/c2*1-7-15-16-17(34-24(5,6)33-16)20(32-15)30-19-14(12-26-30)18(27-21(25)28-19)29(13-10-8-9-11-13)22(31)35-23(2,3)4/h12-13,15-17,20H,7-11H2,1-6H3;12-13,15-17,20H,7-11H2,1-6H3,(H2,25,27,28)/t2*15-,16-,17-,20-/m11/s1. The van der Waals surface area contributed by atoms with Crippen molar-refractivity contribution in [3.05, 3.63) is 17.7 Å². The predicted molar refractivity (Wildman–Crippen MR) is 258 cm³/mol. The molecule has 6 aliphatic rings. The molecule has 384 valence electrons. The van der Waals surface area contributed by atoms with Crippen molar-refractivity contribution in [3.63, 3.8) is 0 Å². The summed E-state index contributed by atoms with van der Waals surface area (Å²) in [6.07, 6.45) is 9.07. The number of ether oxygens (including phenoxy) is 8. The van der Waals surface area contributed by atoms with Crippen LogP contribution in [0.4, 0.5) is 27.2 Å². The van der Waals surface area contributed by atoms with Crippen molar-refractivity contribution in [1.82, 2.24) is 39.5 Å². The van der Waals surface area contributed by atoms with Gasteiger partial charge in [-0.05, 0) is 119 Å². The zero-order chi connectivity index (χ0) is 50.2. The lowest BCUT2D eigenvalue weighted by Gasteiger charge is -2.31. The maximum Gasteiger partial charge on any atom is 0.416 e. The summed E-state index contributed by atoms with van der Waals surface area (Å²) in [5.74, 6) is -0.584. The third kappa shape index (κ3) is 10.00. The number of amides is 2. The van der Waals surface area contributed by atoms with Gasteiger partial charge in [-0.2, -0.15) is 30.1 Å². The Labute approximate surface area is 413 Å². The van der Waals surface area contributed by atoms with Gasteiger partial charge in [0.2, 0.25) is 11.2 Å². The zero-order valence-corrected chi connectivity index (χ0v) is 43.3. The van der Waals surface area contributed by atoms with E-state index in [-0.39, 0.29) is 59.9 Å². The molecule has 2 N–H and O–H groups in total. The van der Waals surface area contributed by atoms with E-state index in [0.717, 1.165) is 64.2 Å². The Morgan fingerprint density at radius 2 is 1.04 bits per heavy atom. The molecule has 21 nitrogen and oxygen atoms in total. The quantitative estimate of drug-likeness (QED) is 0.162. The van der Waals surface area contributed by atoms with Crippen LogP contribution in [0.15, 0.2) is 12.4 Å². The summed E-state index contributed by atoms with van der Waals surface area (Å²) in [6, 6.07) is -0.0686. The normalized spacial score (nSPS) is 28.5. The van der Waals surface area contributed by atoms with E-state index in [2.05, 4.69) is 44.0 Å². The number of hydrogen-bond donors (Lipinski definition) is 1. The Morgan fingerprint density at radius 1 is 0.657 bits per heavy atom. The highest BCUT2D eigenvalue weighted by atomic mass is 35.5. The summed E-state index contributed by atoms with van der Waals surface area (Å²) in [5, 5.41) is 10.5. The molecule has 8 heterocycles. The molecule has 4 aromatic rings. The van der Waals surface area contributed by atoms with Crippen LogP contribution >= 0.6 is 11.6 Å². The van der Waals surface area contributed by atoms with E-state index in [1.165, 1.54) is 0 Å². The highest BCUT2D eigenvalue weighted by Gasteiger charge is 2.57. The van der Waals surface area contributed by atoms with Gasteiger partial charge in [-0.3, -0.25) is 9.80 Å². The fraction of sp³-hybridized carbons (Fsp3) is 0.750. The summed E-state index contributed by atoms with van der Waals surface area (Å²) in [5.41, 5.74) is 5.83. The number of halogens is 1. The third-order valence-electron chi connectivity index (χ3n) is 13.4. The van der Waals surface area contributed by atoms with Gasteiger partial charge in [-0.25, -0.2) is 19.0 Å². The Bertz CT molecular complexity index is 2390. The number of anilines is 3. The highest BCUT2D eigenvalue weighted by molar-refractivity contribution is 6.29. The Kier molecular flexibility index (Phi) is 13.6. The van der Waals surface area contributed by atoms with E-state index < -0.39 is 47.4 Å². The molecule has 6 fully saturated rings. The van der Waals surface area contributed by atoms with Gasteiger partial charge in [-0.15, -0.1) is 0 Å². The van der Waals surface area contributed by atoms with Crippen molar-refractivity contribution in [2.45, 2.75) is 231 Å². The van der Waals surface area contributed by atoms with Gasteiger partial charge >= 0.3 is 12.2 Å². The molecule has 4 saturated heterocycles. The minimum absolute atomic E-state index is 0.0197. The van der Waals surface area contributed by atoms with Crippen molar-refractivity contribution in [2.24, 2.45) is 0 Å². The van der Waals surface area contributed by atoms with Gasteiger partial charge in [0.05, 0.1) is 35.4 Å². The number of nitrogens with zero attached hydrogens (tertiary/aromatic N) is 10. The van der Waals surface area contributed by atoms with Crippen LogP contribution in [0.3, 0.4) is 0 Å². The van der Waals surface area contributed by atoms with Crippen molar-refractivity contribution in [3.8, 4) is 0 Å². The van der Waals surface area contributed by atoms with Crippen LogP contribution in [-0.4, -0.2) is 123 Å². The molecule has 0 aromatic carbocycles. The summed E-state index contributed by atoms with van der Waals surface area (Å²) in [7, 11) is 0. The fourth-order valence-electron chi connectivity index (χ4n) is 10.7. The van der Waals surface area contributed by atoms with Crippen LogP contribution in [0.25, 0.3) is 22.1 Å². The molecule has 0 radical (unpaired) electrons. The first-order chi connectivity index (χ1) is 32.9. The molecule has 70 heavy (non-hydrogen) atoms. The zero-order valence-electron chi connectivity index (χ0n) is 42.5. The summed E-state index contributed by atoms with van der Waals surface area (Å²) in [6.45, 7) is 22.8. The molecule has 0 unspecified atom stereocenters. The Morgan fingerprint density at radius 3 is 1.44 bits per heavy atom. The monoisotopic (exact) mass is 995 g/mol. The van der Waals surface area contributed by atoms with Crippen LogP contribution in [-0.2, 0) is 37.9 Å². The maximum absolute atomic E-state index is 13.4. The molecule has 4 aliphatic heterocycles. The topological polar surface area (TPSA) is 228 Å². The lowest BCUT2D eigenvalue weighted by atomic mass is 10.1. The van der Waals surface area contributed by atoms with Gasteiger partial charge in [-0.1, -0.05) is 39.5 Å². The Balaban J connectivity index is 0.000000174. The summed E-state index contributed by atoms with van der Waals surface area (Å²) in [4.78, 5) is 48.0. The van der Waals surface area contributed by atoms with E-state index in [4.69, 9.17) is 55.2 Å². The van der Waals surface area contributed by atoms with Crippen LogP contribution in [0, 0.1) is 0 Å². The Hall–Kier alpha value is -4.51. The minimum Gasteiger partial charge on any atom is -0.443 e. The van der Waals surface area contributed by atoms with Gasteiger partial charge in [0.25, 0.3) is 0 Å². The number of fused-ring (bicyclic) bond motifs is 4. The van der Waals surface area contributed by atoms with Crippen LogP contribution in [0.5, 0.6) is 0 Å². The summed E-state index contributed by atoms with van der Waals surface area (Å²) < 4.78 is 52.2. The maximum atomic E-state index is 13.4. The first-order valence-electron chi connectivity index (χ1n) is 24.9. The second kappa shape index (κ2) is 18.8. The van der Waals surface area contributed by atoms with Crippen molar-refractivity contribution < 1.29 is 47.5 Å². The fourth-order valence-corrected chi connectivity index (χ4v) is 10.8. The summed E-state index contributed by atoms with van der Waals surface area (Å²) >= 11 is 6.42. The smallest absolute Gasteiger partial charge is 0.416 e. The van der Waals surface area contributed by atoms with Crippen LogP contribution in [0.1, 0.15) is 160 Å². The number of hydrogen-bond acceptors (Lipinski definition) is 17. The van der Waals surface area contributed by atoms with E-state index in [9.17, 15) is 9.59 Å². The number of carbonyl (C=O) groups excluding carboxylic acids is 2. The molecule has 22 heteroatoms. The van der Waals surface area contributed by atoms with Crippen LogP contribution in [0.2, 0.25) is 5.28 Å². The lowest BCUT2D eigenvalue weighted by Crippen LogP contribution is -2.43. The van der Waals surface area contributed by atoms with Gasteiger partial charge in [0.15, 0.2) is 47.0 Å². The predicted octanol–water partition coefficient (Wildman–Crippen LogP) is 8.91. The second-order valence-electron chi connectivity index (χ2n) is 22.0. The van der Waals surface area contributed by atoms with E-state index in [1.807, 2.05) is 69.2 Å². The van der Waals surface area contributed by atoms with Crippen molar-refractivity contribution in [2.75, 3.05) is 15.5 Å². The van der Waals surface area contributed by atoms with E-state index >= 15 is 0 Å². The largest absolute Gasteiger partial charge is 0.443 e. The molecule has 2 aliphatic carbocycles. The van der Waals surface area contributed by atoms with E-state index in [0.29, 0.717) is 33.7 Å². The first kappa shape index (κ1) is 50.4. The number of nitrogens with two attached hydrogens (primary N) is 1. The molecule has 8 atom stereocenters. The molecule has 0 spiro atoms. The van der Waals surface area contributed by atoms with Gasteiger partial charge in [0, 0.05) is 12.1 Å².